The number of thiazole rings is 1. The molecule has 7 heteroatoms. The number of nitrogens with zero attached hydrogens (tertiary/aromatic N) is 2. The summed E-state index contributed by atoms with van der Waals surface area (Å²) in [7, 11) is 1.65. The number of anilines is 1. The van der Waals surface area contributed by atoms with E-state index in [1.54, 1.807) is 18.4 Å². The predicted octanol–water partition coefficient (Wildman–Crippen LogP) is 4.18. The van der Waals surface area contributed by atoms with Crippen molar-refractivity contribution in [2.45, 2.75) is 23.4 Å². The molecule has 3 aromatic rings. The number of carbonyl (C=O) groups excluding carboxylic acids is 2. The molecule has 5 nitrogen and oxygen atoms in total. The molecular formula is C20H21N3O2S2. The van der Waals surface area contributed by atoms with Crippen molar-refractivity contribution in [2.24, 2.45) is 0 Å². The Labute approximate surface area is 166 Å². The second-order valence-corrected chi connectivity index (χ2v) is 8.93. The SMILES string of the molecule is Cc1ccc(NC(=O)CN(C)C(=O)[C@H](C)Sc2nc3ccccc3s2)cc1. The van der Waals surface area contributed by atoms with Gasteiger partial charge in [0.2, 0.25) is 11.8 Å². The maximum Gasteiger partial charge on any atom is 0.243 e. The molecule has 1 heterocycles. The Balaban J connectivity index is 1.55. The molecular weight excluding hydrogens is 378 g/mol. The number of hydrogen-bond acceptors (Lipinski definition) is 5. The third-order valence-electron chi connectivity index (χ3n) is 3.99. The highest BCUT2D eigenvalue weighted by atomic mass is 32.2. The number of hydrogen-bond donors (Lipinski definition) is 1. The summed E-state index contributed by atoms with van der Waals surface area (Å²) in [4.78, 5) is 30.8. The van der Waals surface area contributed by atoms with Gasteiger partial charge in [0.15, 0.2) is 4.34 Å². The van der Waals surface area contributed by atoms with Gasteiger partial charge >= 0.3 is 0 Å². The average Bonchev–Trinajstić information content (AvgIpc) is 3.05. The van der Waals surface area contributed by atoms with Gasteiger partial charge in [-0.3, -0.25) is 9.59 Å². The molecule has 1 atom stereocenters. The van der Waals surface area contributed by atoms with E-state index < -0.39 is 0 Å². The monoisotopic (exact) mass is 399 g/mol. The molecule has 0 aliphatic rings. The zero-order chi connectivity index (χ0) is 19.4. The molecule has 0 spiro atoms. The lowest BCUT2D eigenvalue weighted by Gasteiger charge is -2.20. The maximum absolute atomic E-state index is 12.6. The number of para-hydroxylation sites is 1. The summed E-state index contributed by atoms with van der Waals surface area (Å²) in [6.07, 6.45) is 0. The van der Waals surface area contributed by atoms with Gasteiger partial charge in [-0.25, -0.2) is 4.98 Å². The van der Waals surface area contributed by atoms with Crippen LogP contribution in [-0.4, -0.2) is 40.5 Å². The van der Waals surface area contributed by atoms with Crippen LogP contribution in [0.5, 0.6) is 0 Å². The van der Waals surface area contributed by atoms with Crippen LogP contribution >= 0.6 is 23.1 Å². The number of fused-ring (bicyclic) bond motifs is 1. The second-order valence-electron chi connectivity index (χ2n) is 6.32. The number of carbonyl (C=O) groups is 2. The van der Waals surface area contributed by atoms with Crippen molar-refractivity contribution in [3.8, 4) is 0 Å². The Morgan fingerprint density at radius 2 is 1.89 bits per heavy atom. The highest BCUT2D eigenvalue weighted by Crippen LogP contribution is 2.32. The van der Waals surface area contributed by atoms with E-state index in [2.05, 4.69) is 10.3 Å². The minimum atomic E-state index is -0.317. The first-order valence-corrected chi connectivity index (χ1v) is 10.3. The Kier molecular flexibility index (Phi) is 6.13. The molecule has 0 radical (unpaired) electrons. The van der Waals surface area contributed by atoms with E-state index in [0.717, 1.165) is 25.8 Å². The zero-order valence-electron chi connectivity index (χ0n) is 15.4. The van der Waals surface area contributed by atoms with Gasteiger partial charge in [0.25, 0.3) is 0 Å². The average molecular weight is 400 g/mol. The molecule has 0 saturated carbocycles. The van der Waals surface area contributed by atoms with E-state index in [1.807, 2.05) is 62.4 Å². The maximum atomic E-state index is 12.6. The van der Waals surface area contributed by atoms with Crippen molar-refractivity contribution < 1.29 is 9.59 Å². The molecule has 0 aliphatic heterocycles. The molecule has 0 aliphatic carbocycles. The number of rotatable bonds is 6. The van der Waals surface area contributed by atoms with Gasteiger partial charge in [0.1, 0.15) is 0 Å². The molecule has 140 valence electrons. The van der Waals surface area contributed by atoms with Crippen molar-refractivity contribution in [1.82, 2.24) is 9.88 Å². The molecule has 2 aromatic carbocycles. The fourth-order valence-corrected chi connectivity index (χ4v) is 4.87. The van der Waals surface area contributed by atoms with Gasteiger partial charge < -0.3 is 10.2 Å². The summed E-state index contributed by atoms with van der Waals surface area (Å²) < 4.78 is 1.96. The lowest BCUT2D eigenvalue weighted by Crippen LogP contribution is -2.38. The molecule has 0 fully saturated rings. The van der Waals surface area contributed by atoms with Gasteiger partial charge in [0.05, 0.1) is 22.0 Å². The van der Waals surface area contributed by atoms with E-state index >= 15 is 0 Å². The summed E-state index contributed by atoms with van der Waals surface area (Å²) >= 11 is 3.00. The smallest absolute Gasteiger partial charge is 0.243 e. The number of amides is 2. The van der Waals surface area contributed by atoms with E-state index in [9.17, 15) is 9.59 Å². The Morgan fingerprint density at radius 1 is 1.19 bits per heavy atom. The lowest BCUT2D eigenvalue weighted by atomic mass is 10.2. The number of aromatic nitrogens is 1. The summed E-state index contributed by atoms with van der Waals surface area (Å²) in [5, 5.41) is 2.49. The van der Waals surface area contributed by atoms with Crippen LogP contribution in [0, 0.1) is 6.92 Å². The Morgan fingerprint density at radius 3 is 2.59 bits per heavy atom. The van der Waals surface area contributed by atoms with Crippen LogP contribution in [0.15, 0.2) is 52.9 Å². The minimum absolute atomic E-state index is 0.0114. The van der Waals surface area contributed by atoms with E-state index in [-0.39, 0.29) is 23.6 Å². The van der Waals surface area contributed by atoms with E-state index in [4.69, 9.17) is 0 Å². The van der Waals surface area contributed by atoms with Gasteiger partial charge in [-0.2, -0.15) is 0 Å². The normalized spacial score (nSPS) is 12.0. The van der Waals surface area contributed by atoms with Crippen LogP contribution in [0.2, 0.25) is 0 Å². The standard InChI is InChI=1S/C20H21N3O2S2/c1-13-8-10-15(11-9-13)21-18(24)12-23(3)19(25)14(2)26-20-22-16-6-4-5-7-17(16)27-20/h4-11,14H,12H2,1-3H3,(H,21,24)/t14-/m0/s1. The van der Waals surface area contributed by atoms with Crippen molar-refractivity contribution in [3.63, 3.8) is 0 Å². The quantitative estimate of drug-likeness (QED) is 0.632. The van der Waals surface area contributed by atoms with Gasteiger partial charge in [-0.1, -0.05) is 41.6 Å². The van der Waals surface area contributed by atoms with E-state index in [0.29, 0.717) is 0 Å². The number of nitrogens with one attached hydrogen (secondary N) is 1. The third kappa shape index (κ3) is 5.08. The predicted molar refractivity (Wildman–Crippen MR) is 112 cm³/mol. The molecule has 2 amide bonds. The first-order chi connectivity index (χ1) is 12.9. The molecule has 1 aromatic heterocycles. The van der Waals surface area contributed by atoms with Crippen LogP contribution in [0.3, 0.4) is 0 Å². The summed E-state index contributed by atoms with van der Waals surface area (Å²) in [5.74, 6) is -0.315. The van der Waals surface area contributed by atoms with Gasteiger partial charge in [0, 0.05) is 12.7 Å². The van der Waals surface area contributed by atoms with Crippen molar-refractivity contribution >= 4 is 50.8 Å². The summed E-state index contributed by atoms with van der Waals surface area (Å²) in [6, 6.07) is 15.5. The van der Waals surface area contributed by atoms with Gasteiger partial charge in [-0.15, -0.1) is 11.3 Å². The molecule has 0 unspecified atom stereocenters. The minimum Gasteiger partial charge on any atom is -0.335 e. The third-order valence-corrected chi connectivity index (χ3v) is 6.21. The van der Waals surface area contributed by atoms with Crippen LogP contribution in [-0.2, 0) is 9.59 Å². The largest absolute Gasteiger partial charge is 0.335 e. The number of benzene rings is 2. The molecule has 3 rings (SSSR count). The fraction of sp³-hybridized carbons (Fsp3) is 0.250. The second kappa shape index (κ2) is 8.54. The Bertz CT molecular complexity index is 920. The zero-order valence-corrected chi connectivity index (χ0v) is 17.1. The molecule has 0 bridgehead atoms. The van der Waals surface area contributed by atoms with E-state index in [1.165, 1.54) is 16.7 Å². The van der Waals surface area contributed by atoms with Crippen molar-refractivity contribution in [1.29, 1.82) is 0 Å². The Hall–Kier alpha value is -2.38. The van der Waals surface area contributed by atoms with Crippen LogP contribution in [0.4, 0.5) is 5.69 Å². The molecule has 0 saturated heterocycles. The highest BCUT2D eigenvalue weighted by molar-refractivity contribution is 8.02. The fourth-order valence-electron chi connectivity index (χ4n) is 2.54. The molecule has 27 heavy (non-hydrogen) atoms. The van der Waals surface area contributed by atoms with Crippen molar-refractivity contribution in [2.75, 3.05) is 18.9 Å². The van der Waals surface area contributed by atoms with Crippen LogP contribution in [0.1, 0.15) is 12.5 Å². The number of thioether (sulfide) groups is 1. The topological polar surface area (TPSA) is 62.3 Å². The number of likely N-dealkylation sites (N-methyl/N-ethyl adjacent to an activating group) is 1. The van der Waals surface area contributed by atoms with Crippen molar-refractivity contribution in [3.05, 3.63) is 54.1 Å². The first kappa shape index (κ1) is 19.4. The summed E-state index contributed by atoms with van der Waals surface area (Å²) in [6.45, 7) is 3.84. The lowest BCUT2D eigenvalue weighted by molar-refractivity contribution is -0.132. The van der Waals surface area contributed by atoms with Crippen LogP contribution < -0.4 is 5.32 Å². The molecule has 1 N–H and O–H groups in total. The summed E-state index contributed by atoms with van der Waals surface area (Å²) in [5.41, 5.74) is 2.79. The first-order valence-electron chi connectivity index (χ1n) is 8.56. The highest BCUT2D eigenvalue weighted by Gasteiger charge is 2.22. The number of aryl methyl sites for hydroxylation is 1. The van der Waals surface area contributed by atoms with Gasteiger partial charge in [-0.05, 0) is 38.1 Å². The van der Waals surface area contributed by atoms with Crippen LogP contribution in [0.25, 0.3) is 10.2 Å².